The molecule has 5 nitrogen and oxygen atoms in total. The fourth-order valence-electron chi connectivity index (χ4n) is 1.88. The highest BCUT2D eigenvalue weighted by Gasteiger charge is 2.17. The van der Waals surface area contributed by atoms with Crippen molar-refractivity contribution in [1.82, 2.24) is 5.32 Å². The first-order valence-corrected chi connectivity index (χ1v) is 6.97. The number of carboxylic acid groups (broad SMARTS) is 1. The molecule has 0 radical (unpaired) electrons. The second-order valence-corrected chi connectivity index (χ2v) is 5.21. The van der Waals surface area contributed by atoms with Gasteiger partial charge >= 0.3 is 5.97 Å². The van der Waals surface area contributed by atoms with E-state index in [1.165, 1.54) is 7.11 Å². The number of carbonyl (C=O) groups excluding carboxylic acids is 1. The molecule has 1 atom stereocenters. The first-order chi connectivity index (χ1) is 9.61. The smallest absolute Gasteiger partial charge is 0.334 e. The summed E-state index contributed by atoms with van der Waals surface area (Å²) in [5.41, 5.74) is 0.951. The van der Waals surface area contributed by atoms with Crippen molar-refractivity contribution in [3.05, 3.63) is 35.2 Å². The number of methoxy groups -OCH3 is 1. The molecule has 0 saturated carbocycles. The van der Waals surface area contributed by atoms with Gasteiger partial charge in [0.25, 0.3) is 0 Å². The van der Waals surface area contributed by atoms with E-state index in [0.29, 0.717) is 0 Å². The van der Waals surface area contributed by atoms with Crippen molar-refractivity contribution in [3.8, 4) is 0 Å². The maximum absolute atomic E-state index is 11.8. The molecule has 1 amide bonds. The summed E-state index contributed by atoms with van der Waals surface area (Å²) < 4.78 is 5.89. The van der Waals surface area contributed by atoms with E-state index in [-0.39, 0.29) is 18.9 Å². The van der Waals surface area contributed by atoms with Crippen molar-refractivity contribution >= 4 is 33.3 Å². The van der Waals surface area contributed by atoms with Gasteiger partial charge in [0, 0.05) is 11.8 Å². The van der Waals surface area contributed by atoms with Crippen molar-refractivity contribution in [3.63, 3.8) is 0 Å². The van der Waals surface area contributed by atoms with E-state index in [1.807, 2.05) is 29.6 Å². The van der Waals surface area contributed by atoms with Crippen molar-refractivity contribution in [2.24, 2.45) is 0 Å². The maximum Gasteiger partial charge on any atom is 0.334 e. The zero-order chi connectivity index (χ0) is 14.5. The highest BCUT2D eigenvalue weighted by atomic mass is 32.1. The molecule has 106 valence electrons. The lowest BCUT2D eigenvalue weighted by Gasteiger charge is -2.11. The summed E-state index contributed by atoms with van der Waals surface area (Å²) in [4.78, 5) is 22.6. The standard InChI is InChI=1S/C14H15NO4S/c1-19-11(14(17)18)7-15-13(16)6-9-8-20-12-5-3-2-4-10(9)12/h2-5,8,11H,6-7H2,1H3,(H,15,16)(H,17,18). The van der Waals surface area contributed by atoms with Crippen LogP contribution in [-0.4, -0.2) is 36.7 Å². The number of ether oxygens (including phenoxy) is 1. The SMILES string of the molecule is COC(CNC(=O)Cc1csc2ccccc12)C(=O)O. The maximum atomic E-state index is 11.8. The minimum absolute atomic E-state index is 0.0350. The fraction of sp³-hybridized carbons (Fsp3) is 0.286. The molecule has 0 aliphatic carbocycles. The molecule has 0 bridgehead atoms. The summed E-state index contributed by atoms with van der Waals surface area (Å²) >= 11 is 1.59. The normalized spacial score (nSPS) is 12.2. The number of rotatable bonds is 6. The second kappa shape index (κ2) is 6.49. The molecule has 6 heteroatoms. The largest absolute Gasteiger partial charge is 0.479 e. The zero-order valence-corrected chi connectivity index (χ0v) is 11.8. The number of hydrogen-bond donors (Lipinski definition) is 2. The van der Waals surface area contributed by atoms with Crippen LogP contribution in [-0.2, 0) is 20.7 Å². The summed E-state index contributed by atoms with van der Waals surface area (Å²) in [6.45, 7) is -0.0350. The highest BCUT2D eigenvalue weighted by molar-refractivity contribution is 7.17. The Morgan fingerprint density at radius 3 is 2.85 bits per heavy atom. The first-order valence-electron chi connectivity index (χ1n) is 6.09. The number of aliphatic carboxylic acids is 1. The molecule has 2 N–H and O–H groups in total. The first kappa shape index (κ1) is 14.5. The monoisotopic (exact) mass is 293 g/mol. The Labute approximate surface area is 120 Å². The summed E-state index contributed by atoms with van der Waals surface area (Å²) in [5, 5.41) is 14.4. The van der Waals surface area contributed by atoms with Crippen LogP contribution in [0, 0.1) is 0 Å². The Bertz CT molecular complexity index is 622. The molecule has 1 unspecified atom stereocenters. The Balaban J connectivity index is 1.96. The molecule has 0 spiro atoms. The number of nitrogens with one attached hydrogen (secondary N) is 1. The summed E-state index contributed by atoms with van der Waals surface area (Å²) in [7, 11) is 1.30. The molecule has 0 aliphatic rings. The van der Waals surface area contributed by atoms with Crippen LogP contribution in [0.1, 0.15) is 5.56 Å². The zero-order valence-electron chi connectivity index (χ0n) is 11.0. The molecule has 0 fully saturated rings. The lowest BCUT2D eigenvalue weighted by atomic mass is 10.1. The number of carboxylic acids is 1. The van der Waals surface area contributed by atoms with Crippen LogP contribution in [0.15, 0.2) is 29.6 Å². The molecule has 1 aromatic carbocycles. The van der Waals surface area contributed by atoms with Gasteiger partial charge < -0.3 is 15.2 Å². The van der Waals surface area contributed by atoms with Gasteiger partial charge in [-0.3, -0.25) is 4.79 Å². The predicted molar refractivity (Wildman–Crippen MR) is 77.0 cm³/mol. The molecule has 2 aromatic rings. The van der Waals surface area contributed by atoms with Crippen LogP contribution in [0.25, 0.3) is 10.1 Å². The van der Waals surface area contributed by atoms with Crippen molar-refractivity contribution in [2.75, 3.05) is 13.7 Å². The number of thiophene rings is 1. The molecule has 1 heterocycles. The molecular formula is C14H15NO4S. The van der Waals surface area contributed by atoms with Crippen LogP contribution in [0.3, 0.4) is 0 Å². The van der Waals surface area contributed by atoms with Crippen LogP contribution in [0.2, 0.25) is 0 Å². The number of carbonyl (C=O) groups is 2. The van der Waals surface area contributed by atoms with Crippen LogP contribution < -0.4 is 5.32 Å². The second-order valence-electron chi connectivity index (χ2n) is 4.30. The minimum Gasteiger partial charge on any atom is -0.479 e. The average Bonchev–Trinajstić information content (AvgIpc) is 2.82. The van der Waals surface area contributed by atoms with Gasteiger partial charge in [0.05, 0.1) is 13.0 Å². The summed E-state index contributed by atoms with van der Waals surface area (Å²) in [5.74, 6) is -1.30. The van der Waals surface area contributed by atoms with Gasteiger partial charge in [-0.15, -0.1) is 11.3 Å². The van der Waals surface area contributed by atoms with E-state index >= 15 is 0 Å². The third kappa shape index (κ3) is 3.34. The molecule has 1 aromatic heterocycles. The van der Waals surface area contributed by atoms with Crippen LogP contribution in [0.4, 0.5) is 0 Å². The van der Waals surface area contributed by atoms with Crippen molar-refractivity contribution < 1.29 is 19.4 Å². The van der Waals surface area contributed by atoms with E-state index in [0.717, 1.165) is 15.6 Å². The summed E-state index contributed by atoms with van der Waals surface area (Å²) in [6, 6.07) is 7.87. The quantitative estimate of drug-likeness (QED) is 0.849. The van der Waals surface area contributed by atoms with Gasteiger partial charge in [-0.1, -0.05) is 18.2 Å². The van der Waals surface area contributed by atoms with Crippen LogP contribution >= 0.6 is 11.3 Å². The molecular weight excluding hydrogens is 278 g/mol. The lowest BCUT2D eigenvalue weighted by Crippen LogP contribution is -2.38. The third-order valence-corrected chi connectivity index (χ3v) is 3.97. The van der Waals surface area contributed by atoms with Gasteiger partial charge in [0.15, 0.2) is 6.10 Å². The van der Waals surface area contributed by atoms with Gasteiger partial charge in [-0.2, -0.15) is 0 Å². The average molecular weight is 293 g/mol. The Kier molecular flexibility index (Phi) is 4.70. The van der Waals surface area contributed by atoms with Gasteiger partial charge in [-0.25, -0.2) is 4.79 Å². The number of amides is 1. The van der Waals surface area contributed by atoms with Gasteiger partial charge in [0.1, 0.15) is 0 Å². The van der Waals surface area contributed by atoms with Crippen molar-refractivity contribution in [2.45, 2.75) is 12.5 Å². The molecule has 0 saturated heterocycles. The number of fused-ring (bicyclic) bond motifs is 1. The predicted octanol–water partition coefficient (Wildman–Crippen LogP) is 1.66. The Morgan fingerprint density at radius 2 is 2.15 bits per heavy atom. The fourth-order valence-corrected chi connectivity index (χ4v) is 2.85. The topological polar surface area (TPSA) is 75.6 Å². The highest BCUT2D eigenvalue weighted by Crippen LogP contribution is 2.25. The minimum atomic E-state index is -1.09. The lowest BCUT2D eigenvalue weighted by molar-refractivity contribution is -0.148. The number of benzene rings is 1. The molecule has 20 heavy (non-hydrogen) atoms. The van der Waals surface area contributed by atoms with E-state index in [1.54, 1.807) is 11.3 Å². The Morgan fingerprint density at radius 1 is 1.40 bits per heavy atom. The summed E-state index contributed by atoms with van der Waals surface area (Å²) in [6.07, 6.45) is -0.779. The van der Waals surface area contributed by atoms with E-state index < -0.39 is 12.1 Å². The number of hydrogen-bond acceptors (Lipinski definition) is 4. The van der Waals surface area contributed by atoms with Crippen LogP contribution in [0.5, 0.6) is 0 Å². The van der Waals surface area contributed by atoms with E-state index in [4.69, 9.17) is 9.84 Å². The van der Waals surface area contributed by atoms with Gasteiger partial charge in [0.2, 0.25) is 5.91 Å². The van der Waals surface area contributed by atoms with E-state index in [9.17, 15) is 9.59 Å². The molecule has 0 aliphatic heterocycles. The van der Waals surface area contributed by atoms with Crippen molar-refractivity contribution in [1.29, 1.82) is 0 Å². The molecule has 2 rings (SSSR count). The third-order valence-electron chi connectivity index (χ3n) is 2.96. The van der Waals surface area contributed by atoms with Gasteiger partial charge in [-0.05, 0) is 22.4 Å². The van der Waals surface area contributed by atoms with E-state index in [2.05, 4.69) is 5.32 Å². The Hall–Kier alpha value is -1.92.